The number of pyridine rings is 1. The monoisotopic (exact) mass is 380 g/mol. The molecule has 0 saturated carbocycles. The van der Waals surface area contributed by atoms with E-state index in [0.717, 1.165) is 23.0 Å². The molecule has 0 fully saturated rings. The highest BCUT2D eigenvalue weighted by Gasteiger charge is 2.22. The fourth-order valence-electron chi connectivity index (χ4n) is 3.27. The van der Waals surface area contributed by atoms with Gasteiger partial charge < -0.3 is 5.73 Å². The second-order valence-electron chi connectivity index (χ2n) is 6.57. The van der Waals surface area contributed by atoms with Gasteiger partial charge >= 0.3 is 0 Å². The summed E-state index contributed by atoms with van der Waals surface area (Å²) in [5, 5.41) is 4.38. The van der Waals surface area contributed by atoms with Crippen LogP contribution in [0.2, 0.25) is 0 Å². The molecule has 0 aliphatic carbocycles. The van der Waals surface area contributed by atoms with Gasteiger partial charge in [0.15, 0.2) is 11.5 Å². The summed E-state index contributed by atoms with van der Waals surface area (Å²) >= 11 is 0. The highest BCUT2D eigenvalue weighted by Crippen LogP contribution is 2.36. The molecule has 2 N–H and O–H groups in total. The minimum Gasteiger partial charge on any atom is -0.368 e. The molecule has 0 atom stereocenters. The summed E-state index contributed by atoms with van der Waals surface area (Å²) in [6.45, 7) is 5.68. The Morgan fingerprint density at radius 2 is 1.71 bits per heavy atom. The van der Waals surface area contributed by atoms with Crippen molar-refractivity contribution in [3.8, 4) is 22.4 Å². The van der Waals surface area contributed by atoms with Crippen molar-refractivity contribution in [3.05, 3.63) is 59.2 Å². The van der Waals surface area contributed by atoms with Crippen molar-refractivity contribution in [2.45, 2.75) is 27.2 Å². The van der Waals surface area contributed by atoms with Crippen LogP contribution >= 0.6 is 0 Å². The van der Waals surface area contributed by atoms with E-state index in [1.807, 2.05) is 32.9 Å². The molecule has 3 aromatic heterocycles. The number of hydrogen-bond donors (Lipinski definition) is 1. The van der Waals surface area contributed by atoms with Crippen LogP contribution in [0.1, 0.15) is 24.1 Å². The second-order valence-corrected chi connectivity index (χ2v) is 6.57. The molecule has 6 nitrogen and oxygen atoms in total. The lowest BCUT2D eigenvalue weighted by Crippen LogP contribution is -2.07. The predicted molar refractivity (Wildman–Crippen MR) is 103 cm³/mol. The molecular formula is C20H18F2N6. The van der Waals surface area contributed by atoms with Gasteiger partial charge in [0.2, 0.25) is 5.95 Å². The Labute approximate surface area is 160 Å². The third-order valence-electron chi connectivity index (χ3n) is 4.43. The van der Waals surface area contributed by atoms with E-state index < -0.39 is 11.6 Å². The first kappa shape index (κ1) is 18.0. The van der Waals surface area contributed by atoms with Crippen molar-refractivity contribution in [2.75, 3.05) is 5.73 Å². The van der Waals surface area contributed by atoms with Gasteiger partial charge in [-0.1, -0.05) is 6.92 Å². The van der Waals surface area contributed by atoms with Crippen molar-refractivity contribution in [3.63, 3.8) is 0 Å². The lowest BCUT2D eigenvalue weighted by Gasteiger charge is -2.13. The zero-order chi connectivity index (χ0) is 20.0. The number of benzene rings is 1. The Kier molecular flexibility index (Phi) is 4.26. The van der Waals surface area contributed by atoms with E-state index in [9.17, 15) is 8.78 Å². The summed E-state index contributed by atoms with van der Waals surface area (Å²) in [6, 6.07) is 7.10. The van der Waals surface area contributed by atoms with E-state index in [4.69, 9.17) is 5.73 Å². The van der Waals surface area contributed by atoms with Gasteiger partial charge in [-0.05, 0) is 43.7 Å². The number of nitrogens with two attached hydrogens (primary N) is 1. The largest absolute Gasteiger partial charge is 0.368 e. The standard InChI is InChI=1S/C20H18F2N6/c1-4-16-25-19-17(12-7-10(2)24-11(3)8-12)18(26-20(23)28(19)27-16)14-6-5-13(21)9-15(14)22/h5-9H,4H2,1-3H3,(H2,23,26). The fraction of sp³-hybridized carbons (Fsp3) is 0.200. The minimum atomic E-state index is -0.727. The van der Waals surface area contributed by atoms with Crippen molar-refractivity contribution < 1.29 is 8.78 Å². The average molecular weight is 380 g/mol. The Balaban J connectivity index is 2.14. The average Bonchev–Trinajstić information content (AvgIpc) is 3.05. The highest BCUT2D eigenvalue weighted by atomic mass is 19.1. The van der Waals surface area contributed by atoms with Gasteiger partial charge in [-0.25, -0.2) is 18.7 Å². The second kappa shape index (κ2) is 6.63. The molecule has 0 aliphatic rings. The smallest absolute Gasteiger partial charge is 0.223 e. The molecule has 8 heteroatoms. The molecule has 0 amide bonds. The summed E-state index contributed by atoms with van der Waals surface area (Å²) < 4.78 is 29.5. The maximum atomic E-state index is 14.6. The van der Waals surface area contributed by atoms with Crippen LogP contribution < -0.4 is 5.73 Å². The van der Waals surface area contributed by atoms with E-state index in [1.165, 1.54) is 16.6 Å². The Morgan fingerprint density at radius 1 is 1.00 bits per heavy atom. The molecule has 3 heterocycles. The number of nitrogens with zero attached hydrogens (tertiary/aromatic N) is 5. The lowest BCUT2D eigenvalue weighted by atomic mass is 9.99. The third kappa shape index (κ3) is 2.96. The summed E-state index contributed by atoms with van der Waals surface area (Å²) in [5.74, 6) is -0.723. The number of fused-ring (bicyclic) bond motifs is 1. The number of anilines is 1. The van der Waals surface area contributed by atoms with Gasteiger partial charge in [0.1, 0.15) is 11.6 Å². The molecule has 142 valence electrons. The molecule has 4 rings (SSSR count). The molecule has 28 heavy (non-hydrogen) atoms. The quantitative estimate of drug-likeness (QED) is 0.583. The zero-order valence-electron chi connectivity index (χ0n) is 15.7. The van der Waals surface area contributed by atoms with Crippen LogP contribution in [0.3, 0.4) is 0 Å². The first-order valence-corrected chi connectivity index (χ1v) is 8.83. The molecule has 0 spiro atoms. The lowest BCUT2D eigenvalue weighted by molar-refractivity contribution is 0.585. The number of hydrogen-bond acceptors (Lipinski definition) is 5. The van der Waals surface area contributed by atoms with Gasteiger partial charge in [-0.2, -0.15) is 4.52 Å². The molecule has 0 aliphatic heterocycles. The van der Waals surface area contributed by atoms with Crippen LogP contribution in [0.15, 0.2) is 30.3 Å². The maximum absolute atomic E-state index is 14.6. The molecule has 4 aromatic rings. The van der Waals surface area contributed by atoms with E-state index in [2.05, 4.69) is 20.1 Å². The van der Waals surface area contributed by atoms with E-state index in [1.54, 1.807) is 0 Å². The first-order chi connectivity index (χ1) is 13.4. The van der Waals surface area contributed by atoms with Crippen LogP contribution in [-0.4, -0.2) is 24.6 Å². The first-order valence-electron chi connectivity index (χ1n) is 8.83. The third-order valence-corrected chi connectivity index (χ3v) is 4.43. The van der Waals surface area contributed by atoms with Crippen LogP contribution in [0.4, 0.5) is 14.7 Å². The Bertz CT molecular complexity index is 1200. The van der Waals surface area contributed by atoms with Crippen molar-refractivity contribution in [1.82, 2.24) is 24.6 Å². The van der Waals surface area contributed by atoms with Gasteiger partial charge in [0.25, 0.3) is 0 Å². The van der Waals surface area contributed by atoms with Gasteiger partial charge in [0.05, 0.1) is 11.3 Å². The normalized spacial score (nSPS) is 11.3. The van der Waals surface area contributed by atoms with Crippen LogP contribution in [-0.2, 0) is 6.42 Å². The van der Waals surface area contributed by atoms with E-state index >= 15 is 0 Å². The Hall–Kier alpha value is -3.42. The number of aryl methyl sites for hydroxylation is 3. The fourth-order valence-corrected chi connectivity index (χ4v) is 3.27. The van der Waals surface area contributed by atoms with E-state index in [0.29, 0.717) is 23.5 Å². The number of halogens is 2. The number of aromatic nitrogens is 5. The molecular weight excluding hydrogens is 362 g/mol. The number of rotatable bonds is 3. The summed E-state index contributed by atoms with van der Waals surface area (Å²) in [4.78, 5) is 13.4. The summed E-state index contributed by atoms with van der Waals surface area (Å²) in [6.07, 6.45) is 0.606. The molecule has 0 bridgehead atoms. The maximum Gasteiger partial charge on any atom is 0.223 e. The Morgan fingerprint density at radius 3 is 2.36 bits per heavy atom. The van der Waals surface area contributed by atoms with Crippen molar-refractivity contribution in [1.29, 1.82) is 0 Å². The van der Waals surface area contributed by atoms with Crippen LogP contribution in [0.25, 0.3) is 28.0 Å². The summed E-state index contributed by atoms with van der Waals surface area (Å²) in [5.41, 5.74) is 9.90. The molecule has 0 unspecified atom stereocenters. The summed E-state index contributed by atoms with van der Waals surface area (Å²) in [7, 11) is 0. The molecule has 0 radical (unpaired) electrons. The topological polar surface area (TPSA) is 82.0 Å². The molecule has 0 saturated heterocycles. The molecule has 1 aromatic carbocycles. The van der Waals surface area contributed by atoms with Crippen molar-refractivity contribution in [2.24, 2.45) is 0 Å². The van der Waals surface area contributed by atoms with Crippen LogP contribution in [0.5, 0.6) is 0 Å². The zero-order valence-corrected chi connectivity index (χ0v) is 15.7. The van der Waals surface area contributed by atoms with Gasteiger partial charge in [-0.3, -0.25) is 4.98 Å². The van der Waals surface area contributed by atoms with E-state index in [-0.39, 0.29) is 17.2 Å². The van der Waals surface area contributed by atoms with Crippen molar-refractivity contribution >= 4 is 11.6 Å². The minimum absolute atomic E-state index is 0.0761. The number of nitrogen functional groups attached to an aromatic ring is 1. The van der Waals surface area contributed by atoms with Gasteiger partial charge in [0, 0.05) is 29.4 Å². The predicted octanol–water partition coefficient (Wildman–Crippen LogP) is 3.89. The van der Waals surface area contributed by atoms with Gasteiger partial charge in [-0.15, -0.1) is 5.10 Å². The SMILES string of the molecule is CCc1nc2c(-c3cc(C)nc(C)c3)c(-c3ccc(F)cc3F)nc(N)n2n1. The highest BCUT2D eigenvalue weighted by molar-refractivity contribution is 5.91. The van der Waals surface area contributed by atoms with Crippen LogP contribution in [0, 0.1) is 25.5 Å².